The van der Waals surface area contributed by atoms with Gasteiger partial charge in [0, 0.05) is 5.56 Å². The number of amides is 1. The number of carbonyl (C=O) groups excluding carboxylic acids is 2. The maximum atomic E-state index is 13.0. The second-order valence-electron chi connectivity index (χ2n) is 7.99. The Labute approximate surface area is 183 Å². The molecule has 6 nitrogen and oxygen atoms in total. The van der Waals surface area contributed by atoms with E-state index in [4.69, 9.17) is 4.74 Å². The molecule has 1 atom stereocenters. The highest BCUT2D eigenvalue weighted by molar-refractivity contribution is 6.46. The minimum atomic E-state index is -0.687. The zero-order valence-electron chi connectivity index (χ0n) is 18.2. The fourth-order valence-corrected chi connectivity index (χ4v) is 3.60. The quantitative estimate of drug-likeness (QED) is 0.297. The number of Topliss-reactive ketones (excluding diaryl/α,β-unsaturated/α-hetero) is 1. The van der Waals surface area contributed by atoms with Crippen LogP contribution in [0.25, 0.3) is 5.76 Å². The first-order chi connectivity index (χ1) is 14.8. The summed E-state index contributed by atoms with van der Waals surface area (Å²) in [6, 6.07) is 13.8. The van der Waals surface area contributed by atoms with Crippen molar-refractivity contribution in [1.29, 1.82) is 0 Å². The van der Waals surface area contributed by atoms with Crippen LogP contribution in [0.4, 0.5) is 0 Å². The summed E-state index contributed by atoms with van der Waals surface area (Å²) in [5.74, 6) is -0.830. The predicted molar refractivity (Wildman–Crippen MR) is 120 cm³/mol. The molecule has 0 spiro atoms. The molecule has 1 fully saturated rings. The van der Waals surface area contributed by atoms with E-state index >= 15 is 0 Å². The standard InChI is InChI=1S/C25H28N2O4/c1-5-15-31-20-8-6-7-19(16-20)22-21(23(28)18-11-9-17(2)10-12-18)24(29)25(30)27(22)14-13-26(3)4/h5-12,16,22,28H,1,13-15H2,2-4H3/p+1/b23-21+/t22-/m1/s1. The average Bonchev–Trinajstić information content (AvgIpc) is 3.01. The summed E-state index contributed by atoms with van der Waals surface area (Å²) in [6.07, 6.45) is 1.65. The van der Waals surface area contributed by atoms with Crippen LogP contribution in [0.2, 0.25) is 0 Å². The fourth-order valence-electron chi connectivity index (χ4n) is 3.60. The monoisotopic (exact) mass is 421 g/mol. The van der Waals surface area contributed by atoms with Crippen molar-refractivity contribution in [3.63, 3.8) is 0 Å². The molecule has 3 rings (SSSR count). The number of rotatable bonds is 8. The highest BCUT2D eigenvalue weighted by Gasteiger charge is 2.46. The Kier molecular flexibility index (Phi) is 6.92. The van der Waals surface area contributed by atoms with E-state index in [1.54, 1.807) is 29.2 Å². The minimum Gasteiger partial charge on any atom is -0.507 e. The van der Waals surface area contributed by atoms with Gasteiger partial charge in [0.25, 0.3) is 11.7 Å². The lowest BCUT2D eigenvalue weighted by atomic mass is 9.95. The Morgan fingerprint density at radius 2 is 1.90 bits per heavy atom. The van der Waals surface area contributed by atoms with E-state index in [0.717, 1.165) is 10.5 Å². The summed E-state index contributed by atoms with van der Waals surface area (Å²) in [5, 5.41) is 11.1. The fraction of sp³-hybridized carbons (Fsp3) is 0.280. The number of hydrogen-bond donors (Lipinski definition) is 2. The number of likely N-dealkylation sites (N-methyl/N-ethyl adjacent to an activating group) is 1. The van der Waals surface area contributed by atoms with Crippen LogP contribution in [0.1, 0.15) is 22.7 Å². The number of ketones is 1. The van der Waals surface area contributed by atoms with Crippen LogP contribution < -0.4 is 9.64 Å². The van der Waals surface area contributed by atoms with Crippen LogP contribution in [0.15, 0.2) is 66.8 Å². The second kappa shape index (κ2) is 9.62. The van der Waals surface area contributed by atoms with Crippen molar-refractivity contribution in [3.05, 3.63) is 83.4 Å². The smallest absolute Gasteiger partial charge is 0.295 e. The second-order valence-corrected chi connectivity index (χ2v) is 7.99. The molecule has 0 saturated carbocycles. The number of ether oxygens (including phenoxy) is 1. The van der Waals surface area contributed by atoms with Crippen LogP contribution in [0.5, 0.6) is 5.75 Å². The van der Waals surface area contributed by atoms with Crippen LogP contribution in [0, 0.1) is 6.92 Å². The predicted octanol–water partition coefficient (Wildman–Crippen LogP) is 2.13. The third kappa shape index (κ3) is 4.86. The topological polar surface area (TPSA) is 71.3 Å². The van der Waals surface area contributed by atoms with Crippen LogP contribution in [0.3, 0.4) is 0 Å². The van der Waals surface area contributed by atoms with Crippen molar-refractivity contribution < 1.29 is 24.3 Å². The van der Waals surface area contributed by atoms with Crippen LogP contribution in [-0.2, 0) is 9.59 Å². The van der Waals surface area contributed by atoms with E-state index in [2.05, 4.69) is 6.58 Å². The first-order valence-corrected chi connectivity index (χ1v) is 10.3. The number of aliphatic hydroxyl groups is 1. The van der Waals surface area contributed by atoms with E-state index < -0.39 is 17.7 Å². The van der Waals surface area contributed by atoms with Crippen molar-refractivity contribution in [1.82, 2.24) is 4.90 Å². The lowest BCUT2D eigenvalue weighted by Crippen LogP contribution is -3.06. The third-order valence-electron chi connectivity index (χ3n) is 5.26. The van der Waals surface area contributed by atoms with Gasteiger partial charge in [-0.05, 0) is 24.6 Å². The van der Waals surface area contributed by atoms with Crippen molar-refractivity contribution in [2.45, 2.75) is 13.0 Å². The molecule has 2 N–H and O–H groups in total. The molecule has 1 heterocycles. The molecule has 162 valence electrons. The van der Waals surface area contributed by atoms with Crippen molar-refractivity contribution >= 4 is 17.4 Å². The number of carbonyl (C=O) groups is 2. The molecule has 1 amide bonds. The summed E-state index contributed by atoms with van der Waals surface area (Å²) in [6.45, 7) is 7.00. The van der Waals surface area contributed by atoms with Gasteiger partial charge in [-0.1, -0.05) is 54.6 Å². The average molecular weight is 422 g/mol. The largest absolute Gasteiger partial charge is 0.507 e. The maximum Gasteiger partial charge on any atom is 0.295 e. The van der Waals surface area contributed by atoms with Crippen molar-refractivity contribution in [2.75, 3.05) is 33.8 Å². The van der Waals surface area contributed by atoms with Crippen molar-refractivity contribution in [2.24, 2.45) is 0 Å². The molecule has 0 aromatic heterocycles. The Morgan fingerprint density at radius 1 is 1.19 bits per heavy atom. The lowest BCUT2D eigenvalue weighted by Gasteiger charge is -2.26. The lowest BCUT2D eigenvalue weighted by molar-refractivity contribution is -0.857. The van der Waals surface area contributed by atoms with Gasteiger partial charge >= 0.3 is 0 Å². The first-order valence-electron chi connectivity index (χ1n) is 10.3. The van der Waals surface area contributed by atoms with Gasteiger partial charge < -0.3 is 19.6 Å². The Balaban J connectivity index is 2.12. The van der Waals surface area contributed by atoms with Crippen LogP contribution >= 0.6 is 0 Å². The third-order valence-corrected chi connectivity index (χ3v) is 5.26. The maximum absolute atomic E-state index is 13.0. The first kappa shape index (κ1) is 22.3. The van der Waals surface area contributed by atoms with E-state index in [-0.39, 0.29) is 11.3 Å². The minimum absolute atomic E-state index is 0.100. The molecule has 0 aliphatic carbocycles. The SMILES string of the molecule is C=CCOc1cccc([C@@H]2/C(=C(\O)c3ccc(C)cc3)C(=O)C(=O)N2CC[NH+](C)C)c1. The van der Waals surface area contributed by atoms with E-state index in [1.165, 1.54) is 0 Å². The number of aliphatic hydroxyl groups excluding tert-OH is 1. The molecule has 0 unspecified atom stereocenters. The van der Waals surface area contributed by atoms with Gasteiger partial charge in [-0.15, -0.1) is 0 Å². The highest BCUT2D eigenvalue weighted by atomic mass is 16.5. The molecule has 6 heteroatoms. The summed E-state index contributed by atoms with van der Waals surface area (Å²) in [5.41, 5.74) is 2.35. The molecular formula is C25H29N2O4+. The molecule has 1 aliphatic rings. The van der Waals surface area contributed by atoms with Gasteiger partial charge in [0.05, 0.1) is 38.8 Å². The molecule has 1 aliphatic heterocycles. The zero-order valence-corrected chi connectivity index (χ0v) is 18.2. The molecule has 31 heavy (non-hydrogen) atoms. The van der Waals surface area contributed by atoms with Crippen LogP contribution in [-0.4, -0.2) is 55.5 Å². The summed E-state index contributed by atoms with van der Waals surface area (Å²) in [4.78, 5) is 28.7. The van der Waals surface area contributed by atoms with Gasteiger partial charge in [0.2, 0.25) is 0 Å². The van der Waals surface area contributed by atoms with E-state index in [0.29, 0.717) is 36.6 Å². The number of quaternary nitrogens is 1. The van der Waals surface area contributed by atoms with Crippen molar-refractivity contribution in [3.8, 4) is 5.75 Å². The van der Waals surface area contributed by atoms with Gasteiger partial charge in [-0.3, -0.25) is 9.59 Å². The normalized spacial score (nSPS) is 17.9. The Hall–Kier alpha value is -3.38. The highest BCUT2D eigenvalue weighted by Crippen LogP contribution is 2.40. The Morgan fingerprint density at radius 3 is 2.55 bits per heavy atom. The van der Waals surface area contributed by atoms with Gasteiger partial charge in [-0.2, -0.15) is 0 Å². The number of hydrogen-bond acceptors (Lipinski definition) is 4. The summed E-state index contributed by atoms with van der Waals surface area (Å²) >= 11 is 0. The Bertz CT molecular complexity index is 1010. The number of benzene rings is 2. The summed E-state index contributed by atoms with van der Waals surface area (Å²) < 4.78 is 5.65. The van der Waals surface area contributed by atoms with Gasteiger partial charge in [0.15, 0.2) is 0 Å². The zero-order chi connectivity index (χ0) is 22.5. The summed E-state index contributed by atoms with van der Waals surface area (Å²) in [7, 11) is 3.98. The molecule has 0 radical (unpaired) electrons. The molecular weight excluding hydrogens is 392 g/mol. The number of nitrogens with one attached hydrogen (secondary N) is 1. The molecule has 2 aromatic rings. The van der Waals surface area contributed by atoms with E-state index in [1.807, 2.05) is 51.4 Å². The molecule has 0 bridgehead atoms. The van der Waals surface area contributed by atoms with E-state index in [9.17, 15) is 14.7 Å². The number of aryl methyl sites for hydroxylation is 1. The van der Waals surface area contributed by atoms with Gasteiger partial charge in [0.1, 0.15) is 18.1 Å². The van der Waals surface area contributed by atoms with Gasteiger partial charge in [-0.25, -0.2) is 0 Å². The number of nitrogens with zero attached hydrogens (tertiary/aromatic N) is 1. The molecule has 1 saturated heterocycles. The number of likely N-dealkylation sites (tertiary alicyclic amines) is 1. The molecule has 2 aromatic carbocycles.